The fourth-order valence-corrected chi connectivity index (χ4v) is 1.40. The van der Waals surface area contributed by atoms with E-state index in [1.165, 1.54) is 25.4 Å². The monoisotopic (exact) mass is 253 g/mol. The molecular formula is C11H15N3O4. The van der Waals surface area contributed by atoms with Gasteiger partial charge in [0.1, 0.15) is 11.9 Å². The Hall–Kier alpha value is -2.18. The topological polar surface area (TPSA) is 94.4 Å². The van der Waals surface area contributed by atoms with Crippen LogP contribution in [0.25, 0.3) is 0 Å². The van der Waals surface area contributed by atoms with E-state index in [4.69, 9.17) is 0 Å². The number of carbonyl (C=O) groups is 1. The van der Waals surface area contributed by atoms with Crippen LogP contribution in [0.2, 0.25) is 0 Å². The van der Waals surface area contributed by atoms with Crippen LogP contribution in [0.1, 0.15) is 13.8 Å². The molecule has 0 aromatic carbocycles. The number of pyridine rings is 1. The highest BCUT2D eigenvalue weighted by molar-refractivity contribution is 5.79. The van der Waals surface area contributed by atoms with Crippen molar-refractivity contribution in [2.75, 3.05) is 12.4 Å². The third kappa shape index (κ3) is 3.41. The summed E-state index contributed by atoms with van der Waals surface area (Å²) in [6, 6.07) is 1.97. The molecule has 0 amide bonds. The van der Waals surface area contributed by atoms with Crippen LogP contribution >= 0.6 is 0 Å². The van der Waals surface area contributed by atoms with Gasteiger partial charge in [-0.2, -0.15) is 0 Å². The minimum atomic E-state index is -0.593. The molecule has 0 aliphatic carbocycles. The molecule has 0 saturated carbocycles. The molecular weight excluding hydrogens is 238 g/mol. The lowest BCUT2D eigenvalue weighted by molar-refractivity contribution is -0.384. The predicted molar refractivity (Wildman–Crippen MR) is 65.2 cm³/mol. The van der Waals surface area contributed by atoms with Crippen LogP contribution in [0, 0.1) is 16.0 Å². The zero-order valence-corrected chi connectivity index (χ0v) is 10.4. The maximum Gasteiger partial charge on any atom is 0.328 e. The van der Waals surface area contributed by atoms with E-state index in [0.29, 0.717) is 0 Å². The number of nitrogens with one attached hydrogen (secondary N) is 1. The Morgan fingerprint density at radius 2 is 2.22 bits per heavy atom. The third-order valence-corrected chi connectivity index (χ3v) is 2.38. The van der Waals surface area contributed by atoms with Crippen LogP contribution in [0.15, 0.2) is 18.3 Å². The second-order valence-corrected chi connectivity index (χ2v) is 4.05. The molecule has 1 unspecified atom stereocenters. The first-order chi connectivity index (χ1) is 8.45. The second kappa shape index (κ2) is 5.95. The van der Waals surface area contributed by atoms with Crippen LogP contribution in [-0.4, -0.2) is 29.0 Å². The van der Waals surface area contributed by atoms with Crippen molar-refractivity contribution in [3.05, 3.63) is 28.4 Å². The molecule has 0 aliphatic heterocycles. The molecule has 0 fully saturated rings. The van der Waals surface area contributed by atoms with E-state index in [9.17, 15) is 14.9 Å². The minimum Gasteiger partial charge on any atom is -0.467 e. The highest BCUT2D eigenvalue weighted by Gasteiger charge is 2.23. The first-order valence-corrected chi connectivity index (χ1v) is 5.40. The SMILES string of the molecule is COC(=O)C(Nc1cc([N+](=O)[O-])ccn1)C(C)C. The van der Waals surface area contributed by atoms with Crippen LogP contribution in [0.4, 0.5) is 11.5 Å². The van der Waals surface area contributed by atoms with Crippen molar-refractivity contribution >= 4 is 17.5 Å². The van der Waals surface area contributed by atoms with Crippen molar-refractivity contribution in [2.24, 2.45) is 5.92 Å². The molecule has 0 bridgehead atoms. The van der Waals surface area contributed by atoms with Crippen LogP contribution < -0.4 is 5.32 Å². The average molecular weight is 253 g/mol. The molecule has 18 heavy (non-hydrogen) atoms. The highest BCUT2D eigenvalue weighted by Crippen LogP contribution is 2.17. The molecule has 1 aromatic rings. The van der Waals surface area contributed by atoms with E-state index in [-0.39, 0.29) is 17.4 Å². The molecule has 0 radical (unpaired) electrons. The van der Waals surface area contributed by atoms with Gasteiger partial charge in [-0.15, -0.1) is 0 Å². The molecule has 1 heterocycles. The summed E-state index contributed by atoms with van der Waals surface area (Å²) < 4.78 is 4.66. The molecule has 1 N–H and O–H groups in total. The summed E-state index contributed by atoms with van der Waals surface area (Å²) in [5.41, 5.74) is -0.0835. The van der Waals surface area contributed by atoms with Gasteiger partial charge in [0, 0.05) is 12.3 Å². The fraction of sp³-hybridized carbons (Fsp3) is 0.455. The Morgan fingerprint density at radius 3 is 2.72 bits per heavy atom. The van der Waals surface area contributed by atoms with Gasteiger partial charge in [-0.3, -0.25) is 10.1 Å². The van der Waals surface area contributed by atoms with Gasteiger partial charge in [0.2, 0.25) is 0 Å². The van der Waals surface area contributed by atoms with Crippen LogP contribution in [0.5, 0.6) is 0 Å². The number of ether oxygens (including phenoxy) is 1. The summed E-state index contributed by atoms with van der Waals surface area (Å²) in [5, 5.41) is 13.5. The van der Waals surface area contributed by atoms with Gasteiger partial charge >= 0.3 is 5.97 Å². The molecule has 7 heteroatoms. The molecule has 1 atom stereocenters. The van der Waals surface area contributed by atoms with Crippen molar-refractivity contribution < 1.29 is 14.5 Å². The Bertz CT molecular complexity index is 448. The number of aromatic nitrogens is 1. The average Bonchev–Trinajstić information content (AvgIpc) is 2.35. The van der Waals surface area contributed by atoms with Crippen molar-refractivity contribution in [1.29, 1.82) is 0 Å². The first kappa shape index (κ1) is 13.9. The summed E-state index contributed by atoms with van der Waals surface area (Å²) in [5.74, 6) is -0.190. The molecule has 1 aromatic heterocycles. The van der Waals surface area contributed by atoms with Crippen molar-refractivity contribution in [1.82, 2.24) is 4.98 Å². The van der Waals surface area contributed by atoms with Crippen LogP contribution in [-0.2, 0) is 9.53 Å². The number of hydrogen-bond donors (Lipinski definition) is 1. The number of methoxy groups -OCH3 is 1. The maximum absolute atomic E-state index is 11.5. The molecule has 1 rings (SSSR count). The number of anilines is 1. The number of hydrogen-bond acceptors (Lipinski definition) is 6. The van der Waals surface area contributed by atoms with E-state index in [2.05, 4.69) is 15.0 Å². The molecule has 0 spiro atoms. The smallest absolute Gasteiger partial charge is 0.328 e. The standard InChI is InChI=1S/C11H15N3O4/c1-7(2)10(11(15)18-3)13-9-6-8(14(16)17)4-5-12-9/h4-7,10H,1-3H3,(H,12,13). The van der Waals surface area contributed by atoms with E-state index in [0.717, 1.165) is 0 Å². The summed E-state index contributed by atoms with van der Waals surface area (Å²) in [6.45, 7) is 3.68. The number of esters is 1. The predicted octanol–water partition coefficient (Wildman–Crippen LogP) is 1.60. The second-order valence-electron chi connectivity index (χ2n) is 4.05. The van der Waals surface area contributed by atoms with Crippen LogP contribution in [0.3, 0.4) is 0 Å². The summed E-state index contributed by atoms with van der Waals surface area (Å²) >= 11 is 0. The summed E-state index contributed by atoms with van der Waals surface area (Å²) in [6.07, 6.45) is 1.31. The number of nitrogens with zero attached hydrogens (tertiary/aromatic N) is 2. The quantitative estimate of drug-likeness (QED) is 0.486. The largest absolute Gasteiger partial charge is 0.467 e. The zero-order valence-electron chi connectivity index (χ0n) is 10.4. The molecule has 0 saturated heterocycles. The Balaban J connectivity index is 2.90. The van der Waals surface area contributed by atoms with Gasteiger partial charge in [0.05, 0.1) is 18.1 Å². The van der Waals surface area contributed by atoms with Gasteiger partial charge in [-0.05, 0) is 5.92 Å². The Labute approximate surface area is 104 Å². The minimum absolute atomic E-state index is 0.0292. The number of carbonyl (C=O) groups excluding carboxylic acids is 1. The fourth-order valence-electron chi connectivity index (χ4n) is 1.40. The third-order valence-electron chi connectivity index (χ3n) is 2.38. The molecule has 0 aliphatic rings. The van der Waals surface area contributed by atoms with Crippen molar-refractivity contribution in [3.8, 4) is 0 Å². The van der Waals surface area contributed by atoms with E-state index < -0.39 is 16.9 Å². The summed E-state index contributed by atoms with van der Waals surface area (Å²) in [7, 11) is 1.29. The van der Waals surface area contributed by atoms with Crippen molar-refractivity contribution in [2.45, 2.75) is 19.9 Å². The van der Waals surface area contributed by atoms with Gasteiger partial charge in [0.25, 0.3) is 5.69 Å². The van der Waals surface area contributed by atoms with E-state index >= 15 is 0 Å². The molecule has 98 valence electrons. The van der Waals surface area contributed by atoms with Gasteiger partial charge in [-0.25, -0.2) is 9.78 Å². The van der Waals surface area contributed by atoms with Gasteiger partial charge < -0.3 is 10.1 Å². The number of nitro groups is 1. The van der Waals surface area contributed by atoms with E-state index in [1.54, 1.807) is 0 Å². The lowest BCUT2D eigenvalue weighted by Gasteiger charge is -2.20. The van der Waals surface area contributed by atoms with Gasteiger partial charge in [-0.1, -0.05) is 13.8 Å². The summed E-state index contributed by atoms with van der Waals surface area (Å²) in [4.78, 5) is 25.6. The highest BCUT2D eigenvalue weighted by atomic mass is 16.6. The number of rotatable bonds is 5. The lowest BCUT2D eigenvalue weighted by atomic mass is 10.0. The molecule has 7 nitrogen and oxygen atoms in total. The lowest BCUT2D eigenvalue weighted by Crippen LogP contribution is -2.35. The van der Waals surface area contributed by atoms with Gasteiger partial charge in [0.15, 0.2) is 0 Å². The van der Waals surface area contributed by atoms with Crippen molar-refractivity contribution in [3.63, 3.8) is 0 Å². The Morgan fingerprint density at radius 1 is 1.56 bits per heavy atom. The Kier molecular flexibility index (Phi) is 4.59. The maximum atomic E-state index is 11.5. The first-order valence-electron chi connectivity index (χ1n) is 5.40. The zero-order chi connectivity index (χ0) is 13.7. The van der Waals surface area contributed by atoms with E-state index in [1.807, 2.05) is 13.8 Å². The normalized spacial score (nSPS) is 12.0.